The predicted octanol–water partition coefficient (Wildman–Crippen LogP) is 21.1. The van der Waals surface area contributed by atoms with Gasteiger partial charge >= 0.3 is 17.9 Å². The highest BCUT2D eigenvalue weighted by Gasteiger charge is 2.19. The van der Waals surface area contributed by atoms with Gasteiger partial charge in [-0.05, 0) is 37.0 Å². The van der Waals surface area contributed by atoms with E-state index >= 15 is 0 Å². The number of carbonyl (C=O) groups excluding carboxylic acids is 3. The van der Waals surface area contributed by atoms with Gasteiger partial charge in [-0.2, -0.15) is 0 Å². The molecule has 0 bridgehead atoms. The molecule has 6 nitrogen and oxygen atoms in total. The highest BCUT2D eigenvalue weighted by atomic mass is 16.6. The van der Waals surface area contributed by atoms with Crippen LogP contribution in [0, 0.1) is 17.8 Å². The Bertz CT molecular complexity index is 1090. The third-order valence-electron chi connectivity index (χ3n) is 14.6. The molecule has 6 heteroatoms. The Morgan fingerprint density at radius 1 is 0.243 bits per heavy atom. The molecule has 0 rings (SSSR count). The van der Waals surface area contributed by atoms with Crippen LogP contribution in [0.5, 0.6) is 0 Å². The van der Waals surface area contributed by atoms with Crippen molar-refractivity contribution < 1.29 is 28.6 Å². The molecule has 0 spiro atoms. The smallest absolute Gasteiger partial charge is 0.306 e. The zero-order chi connectivity index (χ0) is 51.2. The van der Waals surface area contributed by atoms with Crippen LogP contribution in [0.25, 0.3) is 0 Å². The normalized spacial score (nSPS) is 12.1. The van der Waals surface area contributed by atoms with Crippen molar-refractivity contribution in [1.82, 2.24) is 0 Å². The second-order valence-corrected chi connectivity index (χ2v) is 23.5. The predicted molar refractivity (Wildman–Crippen MR) is 303 cm³/mol. The van der Waals surface area contributed by atoms with E-state index in [1.54, 1.807) is 0 Å². The summed E-state index contributed by atoms with van der Waals surface area (Å²) in [5.74, 6) is 1.69. The van der Waals surface area contributed by atoms with Crippen LogP contribution in [0.3, 0.4) is 0 Å². The Hall–Kier alpha value is -1.59. The molecule has 70 heavy (non-hydrogen) atoms. The van der Waals surface area contributed by atoms with Crippen LogP contribution >= 0.6 is 0 Å². The number of carbonyl (C=O) groups is 3. The molecule has 0 aliphatic rings. The molecule has 0 N–H and O–H groups in total. The van der Waals surface area contributed by atoms with Crippen molar-refractivity contribution in [2.75, 3.05) is 13.2 Å². The lowest BCUT2D eigenvalue weighted by Gasteiger charge is -2.18. The lowest BCUT2D eigenvalue weighted by atomic mass is 10.0. The minimum atomic E-state index is -0.764. The number of unbranched alkanes of at least 4 members (excludes halogenated alkanes) is 40. The first kappa shape index (κ1) is 68.4. The standard InChI is InChI=1S/C64H124O6/c1-58(2)50-44-38-32-26-20-16-12-9-7-8-10-14-18-22-29-35-41-47-53-62(65)68-56-61(70-64(67)55-49-43-37-31-25-24-28-34-40-46-52-60(5)6)57-69-63(66)54-48-42-36-30-23-19-15-11-13-17-21-27-33-39-45-51-59(3)4/h58-61H,7-57H2,1-6H3/t61-/m1/s1. The van der Waals surface area contributed by atoms with Crippen LogP contribution in [0.15, 0.2) is 0 Å². The highest BCUT2D eigenvalue weighted by Crippen LogP contribution is 2.19. The molecule has 0 aliphatic carbocycles. The van der Waals surface area contributed by atoms with Crippen LogP contribution in [-0.2, 0) is 28.6 Å². The zero-order valence-corrected chi connectivity index (χ0v) is 48.3. The van der Waals surface area contributed by atoms with E-state index in [1.807, 2.05) is 0 Å². The number of rotatable bonds is 57. The van der Waals surface area contributed by atoms with Crippen molar-refractivity contribution in [1.29, 1.82) is 0 Å². The maximum atomic E-state index is 12.9. The average molecular weight is 990 g/mol. The van der Waals surface area contributed by atoms with Crippen molar-refractivity contribution in [3.05, 3.63) is 0 Å². The molecule has 0 aromatic rings. The van der Waals surface area contributed by atoms with Gasteiger partial charge in [0.25, 0.3) is 0 Å². The summed E-state index contributed by atoms with van der Waals surface area (Å²) in [6.07, 6.45) is 59.6. The minimum absolute atomic E-state index is 0.0629. The second kappa shape index (κ2) is 55.2. The van der Waals surface area contributed by atoms with E-state index in [1.165, 1.54) is 238 Å². The van der Waals surface area contributed by atoms with Crippen molar-refractivity contribution in [3.63, 3.8) is 0 Å². The molecule has 416 valence electrons. The highest BCUT2D eigenvalue weighted by molar-refractivity contribution is 5.71. The van der Waals surface area contributed by atoms with Gasteiger partial charge in [-0.25, -0.2) is 0 Å². The van der Waals surface area contributed by atoms with Gasteiger partial charge in [-0.1, -0.05) is 318 Å². The third kappa shape index (κ3) is 57.3. The van der Waals surface area contributed by atoms with Crippen LogP contribution in [0.4, 0.5) is 0 Å². The summed E-state index contributed by atoms with van der Waals surface area (Å²) < 4.78 is 16.9. The van der Waals surface area contributed by atoms with E-state index in [-0.39, 0.29) is 31.1 Å². The lowest BCUT2D eigenvalue weighted by Crippen LogP contribution is -2.30. The summed E-state index contributed by atoms with van der Waals surface area (Å²) in [6, 6.07) is 0. The Kier molecular flexibility index (Phi) is 53.9. The first-order chi connectivity index (χ1) is 34.1. The zero-order valence-electron chi connectivity index (χ0n) is 48.3. The van der Waals surface area contributed by atoms with Crippen molar-refractivity contribution in [3.8, 4) is 0 Å². The monoisotopic (exact) mass is 989 g/mol. The SMILES string of the molecule is CC(C)CCCCCCCCCCCCCCCCCCCCC(=O)OC[C@H](COC(=O)CCCCCCCCCCCCCCCCCC(C)C)OC(=O)CCCCCCCCCCCCC(C)C. The second-order valence-electron chi connectivity index (χ2n) is 23.5. The molecule has 0 fully saturated rings. The Morgan fingerprint density at radius 3 is 0.614 bits per heavy atom. The summed E-state index contributed by atoms with van der Waals surface area (Å²) in [4.78, 5) is 38.3. The fourth-order valence-electron chi connectivity index (χ4n) is 9.88. The summed E-state index contributed by atoms with van der Waals surface area (Å²) in [6.45, 7) is 13.8. The van der Waals surface area contributed by atoms with Gasteiger partial charge in [0.05, 0.1) is 0 Å². The fraction of sp³-hybridized carbons (Fsp3) is 0.953. The maximum Gasteiger partial charge on any atom is 0.306 e. The number of hydrogen-bond donors (Lipinski definition) is 0. The summed E-state index contributed by atoms with van der Waals surface area (Å²) in [5.41, 5.74) is 0. The van der Waals surface area contributed by atoms with Crippen LogP contribution in [0.2, 0.25) is 0 Å². The molecule has 1 atom stereocenters. The van der Waals surface area contributed by atoms with Gasteiger partial charge in [0.15, 0.2) is 6.10 Å². The molecular weight excluding hydrogens is 865 g/mol. The van der Waals surface area contributed by atoms with Crippen LogP contribution in [0.1, 0.15) is 356 Å². The molecule has 0 amide bonds. The minimum Gasteiger partial charge on any atom is -0.462 e. The van der Waals surface area contributed by atoms with Gasteiger partial charge in [0.2, 0.25) is 0 Å². The molecule has 0 aromatic heterocycles. The van der Waals surface area contributed by atoms with E-state index in [2.05, 4.69) is 41.5 Å². The van der Waals surface area contributed by atoms with E-state index < -0.39 is 6.10 Å². The Balaban J connectivity index is 4.24. The molecule has 0 heterocycles. The van der Waals surface area contributed by atoms with Gasteiger partial charge in [0, 0.05) is 19.3 Å². The molecule has 0 radical (unpaired) electrons. The average Bonchev–Trinajstić information content (AvgIpc) is 3.32. The first-order valence-electron chi connectivity index (χ1n) is 31.6. The molecule has 0 saturated heterocycles. The summed E-state index contributed by atoms with van der Waals surface area (Å²) >= 11 is 0. The van der Waals surface area contributed by atoms with Gasteiger partial charge in [-0.15, -0.1) is 0 Å². The van der Waals surface area contributed by atoms with Gasteiger partial charge < -0.3 is 14.2 Å². The van der Waals surface area contributed by atoms with E-state index in [0.717, 1.165) is 75.5 Å². The van der Waals surface area contributed by atoms with Crippen molar-refractivity contribution in [2.24, 2.45) is 17.8 Å². The topological polar surface area (TPSA) is 78.9 Å². The van der Waals surface area contributed by atoms with Gasteiger partial charge in [-0.3, -0.25) is 14.4 Å². The molecule has 0 aliphatic heterocycles. The van der Waals surface area contributed by atoms with Crippen molar-refractivity contribution >= 4 is 17.9 Å². The lowest BCUT2D eigenvalue weighted by molar-refractivity contribution is -0.167. The quantitative estimate of drug-likeness (QED) is 0.0343. The van der Waals surface area contributed by atoms with Crippen LogP contribution in [-0.4, -0.2) is 37.2 Å². The van der Waals surface area contributed by atoms with Crippen LogP contribution < -0.4 is 0 Å². The van der Waals surface area contributed by atoms with E-state index in [0.29, 0.717) is 19.3 Å². The Labute approximate surface area is 438 Å². The largest absolute Gasteiger partial charge is 0.462 e. The first-order valence-corrected chi connectivity index (χ1v) is 31.6. The maximum absolute atomic E-state index is 12.9. The number of hydrogen-bond acceptors (Lipinski definition) is 6. The van der Waals surface area contributed by atoms with Gasteiger partial charge in [0.1, 0.15) is 13.2 Å². The van der Waals surface area contributed by atoms with Crippen molar-refractivity contribution in [2.45, 2.75) is 362 Å². The fourth-order valence-corrected chi connectivity index (χ4v) is 9.88. The Morgan fingerprint density at radius 2 is 0.414 bits per heavy atom. The van der Waals surface area contributed by atoms with E-state index in [4.69, 9.17) is 14.2 Å². The summed E-state index contributed by atoms with van der Waals surface area (Å²) in [7, 11) is 0. The molecule has 0 unspecified atom stereocenters. The summed E-state index contributed by atoms with van der Waals surface area (Å²) in [5, 5.41) is 0. The third-order valence-corrected chi connectivity index (χ3v) is 14.6. The molecule has 0 saturated carbocycles. The number of esters is 3. The number of ether oxygens (including phenoxy) is 3. The molecule has 0 aromatic carbocycles. The van der Waals surface area contributed by atoms with E-state index in [9.17, 15) is 14.4 Å². The molecular formula is C64H124O6.